The Morgan fingerprint density at radius 1 is 0.938 bits per heavy atom. The van der Waals surface area contributed by atoms with E-state index in [0.717, 1.165) is 0 Å². The molecule has 2 amide bonds. The molecule has 0 spiro atoms. The standard InChI is InChI=1S/C11H23N3O2/c1-7(2)13-10(15)6-12-9(5)11(16)14-8(3)4/h7-9,12H,6H2,1-5H3,(H,13,15)(H,14,16). The number of nitrogens with one attached hydrogen (secondary N) is 3. The minimum absolute atomic E-state index is 0.0904. The second kappa shape index (κ2) is 7.22. The van der Waals surface area contributed by atoms with Crippen LogP contribution < -0.4 is 16.0 Å². The fourth-order valence-corrected chi connectivity index (χ4v) is 1.12. The summed E-state index contributed by atoms with van der Waals surface area (Å²) in [4.78, 5) is 22.8. The number of carbonyl (C=O) groups is 2. The number of rotatable bonds is 6. The lowest BCUT2D eigenvalue weighted by Crippen LogP contribution is -2.48. The van der Waals surface area contributed by atoms with E-state index in [2.05, 4.69) is 16.0 Å². The summed E-state index contributed by atoms with van der Waals surface area (Å²) in [6, 6.07) is -0.129. The zero-order chi connectivity index (χ0) is 12.7. The molecule has 0 saturated heterocycles. The summed E-state index contributed by atoms with van der Waals surface area (Å²) in [5, 5.41) is 8.39. The first kappa shape index (κ1) is 14.9. The quantitative estimate of drug-likeness (QED) is 0.601. The van der Waals surface area contributed by atoms with Gasteiger partial charge in [-0.05, 0) is 34.6 Å². The van der Waals surface area contributed by atoms with Gasteiger partial charge in [-0.3, -0.25) is 14.9 Å². The molecule has 0 bridgehead atoms. The molecule has 5 heteroatoms. The SMILES string of the molecule is CC(C)NC(=O)CNC(C)C(=O)NC(C)C. The summed E-state index contributed by atoms with van der Waals surface area (Å²) < 4.78 is 0. The molecule has 94 valence electrons. The summed E-state index contributed by atoms with van der Waals surface area (Å²) in [6.07, 6.45) is 0. The molecule has 0 aliphatic carbocycles. The van der Waals surface area contributed by atoms with Gasteiger partial charge < -0.3 is 10.6 Å². The number of hydrogen-bond acceptors (Lipinski definition) is 3. The van der Waals surface area contributed by atoms with Gasteiger partial charge in [0.2, 0.25) is 11.8 Å². The molecule has 0 aromatic rings. The Morgan fingerprint density at radius 2 is 1.44 bits per heavy atom. The second-order valence-electron chi connectivity index (χ2n) is 4.49. The van der Waals surface area contributed by atoms with E-state index in [4.69, 9.17) is 0 Å². The van der Waals surface area contributed by atoms with E-state index in [1.54, 1.807) is 6.92 Å². The first-order valence-electron chi connectivity index (χ1n) is 5.66. The monoisotopic (exact) mass is 229 g/mol. The average molecular weight is 229 g/mol. The van der Waals surface area contributed by atoms with Crippen LogP contribution in [0.25, 0.3) is 0 Å². The molecule has 0 radical (unpaired) electrons. The van der Waals surface area contributed by atoms with E-state index in [-0.39, 0.29) is 36.5 Å². The van der Waals surface area contributed by atoms with E-state index >= 15 is 0 Å². The first-order valence-corrected chi connectivity index (χ1v) is 5.66. The molecule has 0 saturated carbocycles. The summed E-state index contributed by atoms with van der Waals surface area (Å²) >= 11 is 0. The van der Waals surface area contributed by atoms with Crippen molar-refractivity contribution in [2.45, 2.75) is 52.7 Å². The van der Waals surface area contributed by atoms with Gasteiger partial charge in [-0.15, -0.1) is 0 Å². The van der Waals surface area contributed by atoms with E-state index in [9.17, 15) is 9.59 Å². The minimum atomic E-state index is -0.361. The molecule has 1 atom stereocenters. The normalized spacial score (nSPS) is 12.7. The van der Waals surface area contributed by atoms with E-state index in [0.29, 0.717) is 0 Å². The fourth-order valence-electron chi connectivity index (χ4n) is 1.12. The van der Waals surface area contributed by atoms with Gasteiger partial charge in [-0.2, -0.15) is 0 Å². The van der Waals surface area contributed by atoms with Crippen LogP contribution in [0.2, 0.25) is 0 Å². The zero-order valence-corrected chi connectivity index (χ0v) is 10.8. The van der Waals surface area contributed by atoms with Gasteiger partial charge in [-0.1, -0.05) is 0 Å². The largest absolute Gasteiger partial charge is 0.353 e. The molecular formula is C11H23N3O2. The highest BCUT2D eigenvalue weighted by Crippen LogP contribution is 1.85. The summed E-state index contributed by atoms with van der Waals surface area (Å²) in [5.74, 6) is -0.188. The van der Waals surface area contributed by atoms with Gasteiger partial charge in [0.05, 0.1) is 12.6 Å². The summed E-state index contributed by atoms with van der Waals surface area (Å²) in [6.45, 7) is 9.48. The average Bonchev–Trinajstić information content (AvgIpc) is 2.11. The van der Waals surface area contributed by atoms with Crippen molar-refractivity contribution < 1.29 is 9.59 Å². The van der Waals surface area contributed by atoms with Crippen LogP contribution in [0, 0.1) is 0 Å². The summed E-state index contributed by atoms with van der Waals surface area (Å²) in [7, 11) is 0. The maximum Gasteiger partial charge on any atom is 0.237 e. The number of amides is 2. The highest BCUT2D eigenvalue weighted by Gasteiger charge is 2.14. The molecule has 0 aliphatic heterocycles. The molecule has 3 N–H and O–H groups in total. The van der Waals surface area contributed by atoms with Crippen molar-refractivity contribution in [1.82, 2.24) is 16.0 Å². The topological polar surface area (TPSA) is 70.2 Å². The van der Waals surface area contributed by atoms with Gasteiger partial charge >= 0.3 is 0 Å². The smallest absolute Gasteiger partial charge is 0.237 e. The molecule has 5 nitrogen and oxygen atoms in total. The third kappa shape index (κ3) is 7.23. The van der Waals surface area contributed by atoms with Crippen molar-refractivity contribution in [2.75, 3.05) is 6.54 Å². The van der Waals surface area contributed by atoms with Crippen LogP contribution in [0.1, 0.15) is 34.6 Å². The maximum atomic E-state index is 11.5. The fraction of sp³-hybridized carbons (Fsp3) is 0.818. The Labute approximate surface area is 97.4 Å². The molecule has 1 unspecified atom stereocenters. The lowest BCUT2D eigenvalue weighted by Gasteiger charge is -2.16. The highest BCUT2D eigenvalue weighted by atomic mass is 16.2. The minimum Gasteiger partial charge on any atom is -0.353 e. The summed E-state index contributed by atoms with van der Waals surface area (Å²) in [5.41, 5.74) is 0. The van der Waals surface area contributed by atoms with Gasteiger partial charge in [0.1, 0.15) is 0 Å². The molecular weight excluding hydrogens is 206 g/mol. The Morgan fingerprint density at radius 3 is 1.88 bits per heavy atom. The third-order valence-electron chi connectivity index (χ3n) is 1.84. The predicted molar refractivity (Wildman–Crippen MR) is 64.0 cm³/mol. The Bertz CT molecular complexity index is 239. The number of carbonyl (C=O) groups excluding carboxylic acids is 2. The lowest BCUT2D eigenvalue weighted by atomic mass is 10.2. The van der Waals surface area contributed by atoms with Gasteiger partial charge in [0.15, 0.2) is 0 Å². The number of hydrogen-bond donors (Lipinski definition) is 3. The van der Waals surface area contributed by atoms with E-state index in [1.165, 1.54) is 0 Å². The third-order valence-corrected chi connectivity index (χ3v) is 1.84. The van der Waals surface area contributed by atoms with Crippen molar-refractivity contribution in [3.63, 3.8) is 0 Å². The molecule has 0 aromatic carbocycles. The van der Waals surface area contributed by atoms with Crippen molar-refractivity contribution >= 4 is 11.8 Å². The van der Waals surface area contributed by atoms with Crippen LogP contribution in [0.15, 0.2) is 0 Å². The molecule has 0 fully saturated rings. The van der Waals surface area contributed by atoms with Crippen LogP contribution in [0.3, 0.4) is 0 Å². The zero-order valence-electron chi connectivity index (χ0n) is 10.8. The van der Waals surface area contributed by atoms with Gasteiger partial charge in [-0.25, -0.2) is 0 Å². The van der Waals surface area contributed by atoms with Gasteiger partial charge in [0, 0.05) is 12.1 Å². The Balaban J connectivity index is 3.84. The van der Waals surface area contributed by atoms with Crippen molar-refractivity contribution in [2.24, 2.45) is 0 Å². The van der Waals surface area contributed by atoms with E-state index in [1.807, 2.05) is 27.7 Å². The predicted octanol–water partition coefficient (Wildman–Crippen LogP) is 0.0137. The molecule has 0 aromatic heterocycles. The second-order valence-corrected chi connectivity index (χ2v) is 4.49. The van der Waals surface area contributed by atoms with Crippen molar-refractivity contribution in [3.05, 3.63) is 0 Å². The van der Waals surface area contributed by atoms with Crippen molar-refractivity contribution in [3.8, 4) is 0 Å². The Kier molecular flexibility index (Phi) is 6.72. The highest BCUT2D eigenvalue weighted by molar-refractivity contribution is 5.83. The first-order chi connectivity index (χ1) is 7.32. The maximum absolute atomic E-state index is 11.5. The van der Waals surface area contributed by atoms with E-state index < -0.39 is 0 Å². The van der Waals surface area contributed by atoms with Crippen LogP contribution >= 0.6 is 0 Å². The molecule has 0 aliphatic rings. The van der Waals surface area contributed by atoms with Crippen LogP contribution in [0.4, 0.5) is 0 Å². The Hall–Kier alpha value is -1.10. The molecule has 0 rings (SSSR count). The molecule has 0 heterocycles. The van der Waals surface area contributed by atoms with Gasteiger partial charge in [0.25, 0.3) is 0 Å². The van der Waals surface area contributed by atoms with Crippen LogP contribution in [-0.2, 0) is 9.59 Å². The molecule has 16 heavy (non-hydrogen) atoms. The van der Waals surface area contributed by atoms with Crippen LogP contribution in [0.5, 0.6) is 0 Å². The van der Waals surface area contributed by atoms with Crippen LogP contribution in [-0.4, -0.2) is 36.5 Å². The lowest BCUT2D eigenvalue weighted by molar-refractivity contribution is -0.124. The van der Waals surface area contributed by atoms with Crippen molar-refractivity contribution in [1.29, 1.82) is 0 Å².